The number of aromatic nitrogens is 2. The summed E-state index contributed by atoms with van der Waals surface area (Å²) in [7, 11) is 3.49. The van der Waals surface area contributed by atoms with Crippen molar-refractivity contribution < 1.29 is 4.39 Å². The SMILES string of the molecule is CN(C)c1nc(N)c(-c2ccc(F)cc2)c(=O)[nH]1. The summed E-state index contributed by atoms with van der Waals surface area (Å²) in [6, 6.07) is 5.53. The molecule has 2 aromatic rings. The van der Waals surface area contributed by atoms with Crippen molar-refractivity contribution in [2.24, 2.45) is 0 Å². The molecule has 6 heteroatoms. The van der Waals surface area contributed by atoms with Crippen molar-refractivity contribution in [1.29, 1.82) is 0 Å². The summed E-state index contributed by atoms with van der Waals surface area (Å²) in [5, 5.41) is 0. The van der Waals surface area contributed by atoms with E-state index < -0.39 is 0 Å². The van der Waals surface area contributed by atoms with Crippen LogP contribution in [-0.4, -0.2) is 24.1 Å². The van der Waals surface area contributed by atoms with Gasteiger partial charge < -0.3 is 10.6 Å². The highest BCUT2D eigenvalue weighted by Gasteiger charge is 2.12. The predicted octanol–water partition coefficient (Wildman–Crippen LogP) is 1.22. The maximum Gasteiger partial charge on any atom is 0.262 e. The van der Waals surface area contributed by atoms with Crippen molar-refractivity contribution in [2.75, 3.05) is 24.7 Å². The smallest absolute Gasteiger partial charge is 0.262 e. The van der Waals surface area contributed by atoms with E-state index in [1.807, 2.05) is 0 Å². The zero-order chi connectivity index (χ0) is 13.3. The molecule has 1 heterocycles. The van der Waals surface area contributed by atoms with Gasteiger partial charge in [0.25, 0.3) is 5.56 Å². The molecular weight excluding hydrogens is 235 g/mol. The van der Waals surface area contributed by atoms with Crippen LogP contribution < -0.4 is 16.2 Å². The van der Waals surface area contributed by atoms with Gasteiger partial charge in [0.1, 0.15) is 11.6 Å². The first-order valence-corrected chi connectivity index (χ1v) is 5.32. The second-order valence-corrected chi connectivity index (χ2v) is 4.05. The third-order valence-corrected chi connectivity index (χ3v) is 2.49. The van der Waals surface area contributed by atoms with Gasteiger partial charge in [-0.2, -0.15) is 4.98 Å². The highest BCUT2D eigenvalue weighted by molar-refractivity contribution is 5.73. The van der Waals surface area contributed by atoms with E-state index in [0.717, 1.165) is 0 Å². The molecule has 0 aliphatic rings. The molecule has 0 spiro atoms. The molecule has 0 radical (unpaired) electrons. The molecule has 3 N–H and O–H groups in total. The molecule has 18 heavy (non-hydrogen) atoms. The Morgan fingerprint density at radius 3 is 2.39 bits per heavy atom. The fourth-order valence-electron chi connectivity index (χ4n) is 1.59. The van der Waals surface area contributed by atoms with E-state index in [0.29, 0.717) is 11.5 Å². The van der Waals surface area contributed by atoms with Gasteiger partial charge in [-0.25, -0.2) is 4.39 Å². The molecule has 1 aromatic heterocycles. The number of nitrogen functional groups attached to an aromatic ring is 1. The van der Waals surface area contributed by atoms with E-state index in [9.17, 15) is 9.18 Å². The van der Waals surface area contributed by atoms with Crippen molar-refractivity contribution in [2.45, 2.75) is 0 Å². The van der Waals surface area contributed by atoms with Gasteiger partial charge in [0.2, 0.25) is 5.95 Å². The van der Waals surface area contributed by atoms with Crippen molar-refractivity contribution in [3.8, 4) is 11.1 Å². The molecule has 1 aromatic carbocycles. The van der Waals surface area contributed by atoms with Crippen molar-refractivity contribution in [1.82, 2.24) is 9.97 Å². The Kier molecular flexibility index (Phi) is 3.01. The Morgan fingerprint density at radius 2 is 1.89 bits per heavy atom. The molecular formula is C12H13FN4O. The number of nitrogens with two attached hydrogens (primary N) is 1. The van der Waals surface area contributed by atoms with Crippen LogP contribution in [0.15, 0.2) is 29.1 Å². The maximum atomic E-state index is 12.8. The molecule has 5 nitrogen and oxygen atoms in total. The van der Waals surface area contributed by atoms with Crippen LogP contribution in [0.4, 0.5) is 16.2 Å². The number of rotatable bonds is 2. The number of aromatic amines is 1. The molecule has 0 aliphatic heterocycles. The van der Waals surface area contributed by atoms with Gasteiger partial charge >= 0.3 is 0 Å². The topological polar surface area (TPSA) is 75.0 Å². The van der Waals surface area contributed by atoms with Crippen LogP contribution >= 0.6 is 0 Å². The zero-order valence-corrected chi connectivity index (χ0v) is 10.1. The third-order valence-electron chi connectivity index (χ3n) is 2.49. The predicted molar refractivity (Wildman–Crippen MR) is 69.0 cm³/mol. The second kappa shape index (κ2) is 4.48. The number of nitrogens with zero attached hydrogens (tertiary/aromatic N) is 2. The van der Waals surface area contributed by atoms with Crippen LogP contribution in [0.1, 0.15) is 0 Å². The molecule has 0 amide bonds. The standard InChI is InChI=1S/C12H13FN4O/c1-17(2)12-15-10(14)9(11(18)16-12)7-3-5-8(13)6-4-7/h3-6H,1-2H3,(H3,14,15,16,18). The van der Waals surface area contributed by atoms with Crippen molar-refractivity contribution in [3.05, 3.63) is 40.4 Å². The molecule has 2 rings (SSSR count). The number of benzene rings is 1. The summed E-state index contributed by atoms with van der Waals surface area (Å²) in [4.78, 5) is 20.3. The molecule has 0 saturated heterocycles. The highest BCUT2D eigenvalue weighted by Crippen LogP contribution is 2.21. The number of halogens is 1. The van der Waals surface area contributed by atoms with Crippen LogP contribution in [0.2, 0.25) is 0 Å². The van der Waals surface area contributed by atoms with Gasteiger partial charge in [-0.15, -0.1) is 0 Å². The average Bonchev–Trinajstić information content (AvgIpc) is 2.30. The molecule has 0 fully saturated rings. The summed E-state index contributed by atoms with van der Waals surface area (Å²) in [5.41, 5.74) is 6.21. The first kappa shape index (κ1) is 12.1. The Morgan fingerprint density at radius 1 is 1.28 bits per heavy atom. The Labute approximate surface area is 103 Å². The van der Waals surface area contributed by atoms with Gasteiger partial charge in [0.15, 0.2) is 0 Å². The van der Waals surface area contributed by atoms with Gasteiger partial charge in [-0.3, -0.25) is 9.78 Å². The van der Waals surface area contributed by atoms with E-state index in [1.165, 1.54) is 24.3 Å². The van der Waals surface area contributed by atoms with Gasteiger partial charge in [-0.1, -0.05) is 12.1 Å². The van der Waals surface area contributed by atoms with Crippen LogP contribution in [-0.2, 0) is 0 Å². The fourth-order valence-corrected chi connectivity index (χ4v) is 1.59. The fraction of sp³-hybridized carbons (Fsp3) is 0.167. The van der Waals surface area contributed by atoms with Crippen LogP contribution in [0, 0.1) is 5.82 Å². The van der Waals surface area contributed by atoms with Crippen LogP contribution in [0.5, 0.6) is 0 Å². The number of hydrogen-bond donors (Lipinski definition) is 2. The molecule has 94 valence electrons. The van der Waals surface area contributed by atoms with Gasteiger partial charge in [0.05, 0.1) is 5.56 Å². The summed E-state index contributed by atoms with van der Waals surface area (Å²) in [6.45, 7) is 0. The normalized spacial score (nSPS) is 10.4. The summed E-state index contributed by atoms with van der Waals surface area (Å²) < 4.78 is 12.8. The molecule has 0 atom stereocenters. The number of anilines is 2. The Balaban J connectivity index is 2.59. The maximum absolute atomic E-state index is 12.8. The Bertz CT molecular complexity index is 619. The minimum absolute atomic E-state index is 0.119. The summed E-state index contributed by atoms with van der Waals surface area (Å²) >= 11 is 0. The monoisotopic (exact) mass is 248 g/mol. The van der Waals surface area contributed by atoms with Crippen LogP contribution in [0.3, 0.4) is 0 Å². The minimum atomic E-state index is -0.369. The lowest BCUT2D eigenvalue weighted by molar-refractivity contribution is 0.628. The van der Waals surface area contributed by atoms with E-state index in [1.54, 1.807) is 19.0 Å². The lowest BCUT2D eigenvalue weighted by Gasteiger charge is -2.12. The highest BCUT2D eigenvalue weighted by atomic mass is 19.1. The largest absolute Gasteiger partial charge is 0.383 e. The zero-order valence-electron chi connectivity index (χ0n) is 10.1. The molecule has 0 aliphatic carbocycles. The quantitative estimate of drug-likeness (QED) is 0.838. The Hall–Kier alpha value is -2.37. The van der Waals surface area contributed by atoms with Gasteiger partial charge in [0, 0.05) is 14.1 Å². The summed E-state index contributed by atoms with van der Waals surface area (Å²) in [5.74, 6) is 0.129. The summed E-state index contributed by atoms with van der Waals surface area (Å²) in [6.07, 6.45) is 0. The number of nitrogens with one attached hydrogen (secondary N) is 1. The molecule has 0 unspecified atom stereocenters. The van der Waals surface area contributed by atoms with E-state index in [4.69, 9.17) is 5.73 Å². The first-order valence-electron chi connectivity index (χ1n) is 5.32. The number of hydrogen-bond acceptors (Lipinski definition) is 4. The lowest BCUT2D eigenvalue weighted by atomic mass is 10.1. The van der Waals surface area contributed by atoms with Gasteiger partial charge in [-0.05, 0) is 17.7 Å². The molecule has 0 bridgehead atoms. The van der Waals surface area contributed by atoms with E-state index in [-0.39, 0.29) is 22.8 Å². The van der Waals surface area contributed by atoms with Crippen LogP contribution in [0.25, 0.3) is 11.1 Å². The lowest BCUT2D eigenvalue weighted by Crippen LogP contribution is -2.21. The van der Waals surface area contributed by atoms with Crippen molar-refractivity contribution in [3.63, 3.8) is 0 Å². The first-order chi connectivity index (χ1) is 8.49. The van der Waals surface area contributed by atoms with Crippen molar-refractivity contribution >= 4 is 11.8 Å². The minimum Gasteiger partial charge on any atom is -0.383 e. The third kappa shape index (κ3) is 2.17. The number of H-pyrrole nitrogens is 1. The second-order valence-electron chi connectivity index (χ2n) is 4.05. The van der Waals surface area contributed by atoms with E-state index >= 15 is 0 Å². The average molecular weight is 248 g/mol. The molecule has 0 saturated carbocycles. The van der Waals surface area contributed by atoms with E-state index in [2.05, 4.69) is 9.97 Å².